The van der Waals surface area contributed by atoms with Gasteiger partial charge in [-0.2, -0.15) is 0 Å². The van der Waals surface area contributed by atoms with Gasteiger partial charge < -0.3 is 4.57 Å². The average molecular weight is 248 g/mol. The van der Waals surface area contributed by atoms with Gasteiger partial charge in [0, 0.05) is 11.9 Å². The van der Waals surface area contributed by atoms with E-state index in [-0.39, 0.29) is 5.82 Å². The molecule has 1 aromatic heterocycles. The van der Waals surface area contributed by atoms with Gasteiger partial charge in [-0.25, -0.2) is 9.37 Å². The third kappa shape index (κ3) is 2.58. The zero-order chi connectivity index (χ0) is 12.4. The molecule has 0 amide bonds. The molecule has 2 nitrogen and oxygen atoms in total. The summed E-state index contributed by atoms with van der Waals surface area (Å²) in [6.07, 6.45) is 1.80. The highest BCUT2D eigenvalue weighted by Gasteiger charge is 2.08. The predicted molar refractivity (Wildman–Crippen MR) is 68.4 cm³/mol. The Morgan fingerprint density at radius 2 is 2.00 bits per heavy atom. The molecule has 1 heterocycles. The standard InChI is InChI=1S/C13H13FN2S/c1-9(2)12-8-15-13(16(12)3)17-11-6-4-10(14)5-7-11/h4-8H,1H2,2-3H3. The third-order valence-corrected chi connectivity index (χ3v) is 3.48. The lowest BCUT2D eigenvalue weighted by Gasteiger charge is -2.04. The van der Waals surface area contributed by atoms with Crippen LogP contribution in [-0.4, -0.2) is 9.55 Å². The van der Waals surface area contributed by atoms with Gasteiger partial charge in [-0.3, -0.25) is 0 Å². The van der Waals surface area contributed by atoms with E-state index >= 15 is 0 Å². The van der Waals surface area contributed by atoms with Gasteiger partial charge in [0.15, 0.2) is 5.16 Å². The predicted octanol–water partition coefficient (Wildman–Crippen LogP) is 3.74. The topological polar surface area (TPSA) is 17.8 Å². The van der Waals surface area contributed by atoms with E-state index < -0.39 is 0 Å². The number of hydrogen-bond donors (Lipinski definition) is 0. The van der Waals surface area contributed by atoms with E-state index in [2.05, 4.69) is 11.6 Å². The molecular weight excluding hydrogens is 235 g/mol. The molecule has 17 heavy (non-hydrogen) atoms. The molecule has 0 spiro atoms. The van der Waals surface area contributed by atoms with Gasteiger partial charge in [0.05, 0.1) is 11.9 Å². The van der Waals surface area contributed by atoms with Gasteiger partial charge in [-0.15, -0.1) is 0 Å². The largest absolute Gasteiger partial charge is 0.322 e. The van der Waals surface area contributed by atoms with E-state index in [0.29, 0.717) is 0 Å². The Bertz CT molecular complexity index is 543. The summed E-state index contributed by atoms with van der Waals surface area (Å²) in [4.78, 5) is 5.29. The van der Waals surface area contributed by atoms with Crippen molar-refractivity contribution in [3.05, 3.63) is 48.6 Å². The highest BCUT2D eigenvalue weighted by Crippen LogP contribution is 2.28. The first-order valence-corrected chi connectivity index (χ1v) is 6.00. The smallest absolute Gasteiger partial charge is 0.173 e. The SMILES string of the molecule is C=C(C)c1cnc(Sc2ccc(F)cc2)n1C. The van der Waals surface area contributed by atoms with Crippen molar-refractivity contribution in [1.29, 1.82) is 0 Å². The van der Waals surface area contributed by atoms with E-state index in [4.69, 9.17) is 0 Å². The lowest BCUT2D eigenvalue weighted by atomic mass is 10.3. The zero-order valence-corrected chi connectivity index (χ0v) is 10.6. The minimum atomic E-state index is -0.225. The maximum absolute atomic E-state index is 12.8. The van der Waals surface area contributed by atoms with Crippen molar-refractivity contribution < 1.29 is 4.39 Å². The number of allylic oxidation sites excluding steroid dienone is 1. The number of hydrogen-bond acceptors (Lipinski definition) is 2. The van der Waals surface area contributed by atoms with Crippen LogP contribution >= 0.6 is 11.8 Å². The summed E-state index contributed by atoms with van der Waals surface area (Å²) in [7, 11) is 1.95. The maximum atomic E-state index is 12.8. The fourth-order valence-electron chi connectivity index (χ4n) is 1.49. The lowest BCUT2D eigenvalue weighted by molar-refractivity contribution is 0.626. The number of benzene rings is 1. The van der Waals surface area contributed by atoms with E-state index in [1.807, 2.05) is 18.5 Å². The summed E-state index contributed by atoms with van der Waals surface area (Å²) in [6, 6.07) is 6.39. The third-order valence-electron chi connectivity index (χ3n) is 2.41. The zero-order valence-electron chi connectivity index (χ0n) is 9.77. The normalized spacial score (nSPS) is 10.5. The summed E-state index contributed by atoms with van der Waals surface area (Å²) in [5.74, 6) is -0.225. The Morgan fingerprint density at radius 1 is 1.35 bits per heavy atom. The summed E-state index contributed by atoms with van der Waals surface area (Å²) < 4.78 is 14.8. The molecule has 1 aromatic carbocycles. The van der Waals surface area contributed by atoms with Crippen LogP contribution in [0.2, 0.25) is 0 Å². The first-order valence-electron chi connectivity index (χ1n) is 5.19. The van der Waals surface area contributed by atoms with Crippen LogP contribution < -0.4 is 0 Å². The summed E-state index contributed by atoms with van der Waals surface area (Å²) in [5.41, 5.74) is 1.99. The van der Waals surface area contributed by atoms with E-state index in [1.54, 1.807) is 18.3 Å². The second-order valence-electron chi connectivity index (χ2n) is 3.82. The van der Waals surface area contributed by atoms with E-state index in [1.165, 1.54) is 23.9 Å². The molecule has 2 rings (SSSR count). The van der Waals surface area contributed by atoms with Gasteiger partial charge in [0.1, 0.15) is 5.82 Å². The molecule has 88 valence electrons. The molecular formula is C13H13FN2S. The van der Waals surface area contributed by atoms with Crippen molar-refractivity contribution in [2.45, 2.75) is 17.0 Å². The minimum absolute atomic E-state index is 0.225. The number of rotatable bonds is 3. The molecule has 0 atom stereocenters. The maximum Gasteiger partial charge on any atom is 0.173 e. The van der Waals surface area contributed by atoms with Crippen LogP contribution in [0, 0.1) is 5.82 Å². The molecule has 0 N–H and O–H groups in total. The van der Waals surface area contributed by atoms with Crippen molar-refractivity contribution in [3.8, 4) is 0 Å². The molecule has 0 saturated heterocycles. The molecule has 0 aliphatic rings. The van der Waals surface area contributed by atoms with Crippen LogP contribution in [0.1, 0.15) is 12.6 Å². The number of halogens is 1. The summed E-state index contributed by atoms with van der Waals surface area (Å²) in [5, 5.41) is 0.870. The second-order valence-corrected chi connectivity index (χ2v) is 4.86. The highest BCUT2D eigenvalue weighted by molar-refractivity contribution is 7.99. The average Bonchev–Trinajstić information content (AvgIpc) is 2.64. The number of imidazole rings is 1. The molecule has 0 saturated carbocycles. The minimum Gasteiger partial charge on any atom is -0.322 e. The Morgan fingerprint density at radius 3 is 2.53 bits per heavy atom. The lowest BCUT2D eigenvalue weighted by Crippen LogP contribution is -1.95. The van der Waals surface area contributed by atoms with Crippen molar-refractivity contribution in [1.82, 2.24) is 9.55 Å². The van der Waals surface area contributed by atoms with Crippen molar-refractivity contribution >= 4 is 17.3 Å². The second kappa shape index (κ2) is 4.75. The molecule has 0 radical (unpaired) electrons. The highest BCUT2D eigenvalue weighted by atomic mass is 32.2. The Kier molecular flexibility index (Phi) is 3.33. The van der Waals surface area contributed by atoms with Crippen LogP contribution in [0.25, 0.3) is 5.57 Å². The quantitative estimate of drug-likeness (QED) is 0.823. The fraction of sp³-hybridized carbons (Fsp3) is 0.154. The molecule has 0 aliphatic heterocycles. The molecule has 0 unspecified atom stereocenters. The summed E-state index contributed by atoms with van der Waals surface area (Å²) >= 11 is 1.51. The first kappa shape index (κ1) is 11.9. The van der Waals surface area contributed by atoms with Crippen LogP contribution in [0.4, 0.5) is 4.39 Å². The summed E-state index contributed by atoms with van der Waals surface area (Å²) in [6.45, 7) is 5.85. The van der Waals surface area contributed by atoms with Crippen molar-refractivity contribution in [3.63, 3.8) is 0 Å². The Labute approximate surface area is 104 Å². The van der Waals surface area contributed by atoms with Gasteiger partial charge in [-0.1, -0.05) is 18.3 Å². The molecule has 0 aliphatic carbocycles. The van der Waals surface area contributed by atoms with Gasteiger partial charge in [0.2, 0.25) is 0 Å². The van der Waals surface area contributed by atoms with Crippen molar-refractivity contribution in [2.75, 3.05) is 0 Å². The number of nitrogens with zero attached hydrogens (tertiary/aromatic N) is 2. The van der Waals surface area contributed by atoms with Gasteiger partial charge in [-0.05, 0) is 36.8 Å². The van der Waals surface area contributed by atoms with Gasteiger partial charge in [0.25, 0.3) is 0 Å². The first-order chi connectivity index (χ1) is 8.08. The van der Waals surface area contributed by atoms with Crippen molar-refractivity contribution in [2.24, 2.45) is 7.05 Å². The van der Waals surface area contributed by atoms with Crippen LogP contribution in [-0.2, 0) is 7.05 Å². The fourth-order valence-corrected chi connectivity index (χ4v) is 2.32. The Hall–Kier alpha value is -1.55. The molecule has 0 bridgehead atoms. The van der Waals surface area contributed by atoms with Crippen LogP contribution in [0.5, 0.6) is 0 Å². The van der Waals surface area contributed by atoms with E-state index in [0.717, 1.165) is 21.3 Å². The van der Waals surface area contributed by atoms with E-state index in [9.17, 15) is 4.39 Å². The van der Waals surface area contributed by atoms with Gasteiger partial charge >= 0.3 is 0 Å². The van der Waals surface area contributed by atoms with Crippen LogP contribution in [0.3, 0.4) is 0 Å². The Balaban J connectivity index is 2.24. The molecule has 2 aromatic rings. The molecule has 4 heteroatoms. The van der Waals surface area contributed by atoms with Crippen LogP contribution in [0.15, 0.2) is 47.1 Å². The monoisotopic (exact) mass is 248 g/mol. The number of aromatic nitrogens is 2. The molecule has 0 fully saturated rings.